The summed E-state index contributed by atoms with van der Waals surface area (Å²) < 4.78 is 29.7. The van der Waals surface area contributed by atoms with Gasteiger partial charge in [-0.05, 0) is 11.6 Å². The molecule has 1 aromatic carbocycles. The van der Waals surface area contributed by atoms with Crippen molar-refractivity contribution in [2.75, 3.05) is 13.1 Å². The average molecular weight is 243 g/mol. The van der Waals surface area contributed by atoms with E-state index in [2.05, 4.69) is 5.32 Å². The molecule has 2 N–H and O–H groups in total. The molecule has 2 rings (SSSR count). The molecule has 1 heterocycles. The second kappa shape index (κ2) is 5.42. The van der Waals surface area contributed by atoms with E-state index in [1.165, 1.54) is 0 Å². The van der Waals surface area contributed by atoms with Crippen molar-refractivity contribution in [2.45, 2.75) is 25.1 Å². The van der Waals surface area contributed by atoms with Crippen LogP contribution in [0.1, 0.15) is 5.56 Å². The van der Waals surface area contributed by atoms with Crippen LogP contribution in [0.5, 0.6) is 5.75 Å². The molecule has 5 heteroatoms. The standard InChI is InChI=1S/C12H15F2NO2/c13-12(14)10(16)7-15-6-9-5-8-3-1-2-4-11(8)17-9/h1-4,9-10,12,15-16H,5-7H2. The van der Waals surface area contributed by atoms with Gasteiger partial charge >= 0.3 is 0 Å². The first-order valence-electron chi connectivity index (χ1n) is 5.58. The van der Waals surface area contributed by atoms with E-state index >= 15 is 0 Å². The zero-order chi connectivity index (χ0) is 12.3. The number of ether oxygens (including phenoxy) is 1. The Hall–Kier alpha value is -1.20. The minimum absolute atomic E-state index is 0.0442. The van der Waals surface area contributed by atoms with Crippen LogP contribution >= 0.6 is 0 Å². The minimum Gasteiger partial charge on any atom is -0.488 e. The molecule has 2 unspecified atom stereocenters. The molecule has 0 aliphatic carbocycles. The largest absolute Gasteiger partial charge is 0.488 e. The first-order chi connectivity index (χ1) is 8.16. The van der Waals surface area contributed by atoms with Crippen LogP contribution in [0.25, 0.3) is 0 Å². The molecule has 1 aliphatic heterocycles. The predicted octanol–water partition coefficient (Wildman–Crippen LogP) is 1.21. The molecular weight excluding hydrogens is 228 g/mol. The second-order valence-electron chi connectivity index (χ2n) is 4.11. The molecule has 0 bridgehead atoms. The van der Waals surface area contributed by atoms with Gasteiger partial charge in [-0.15, -0.1) is 0 Å². The van der Waals surface area contributed by atoms with Crippen LogP contribution < -0.4 is 10.1 Å². The summed E-state index contributed by atoms with van der Waals surface area (Å²) in [7, 11) is 0. The maximum absolute atomic E-state index is 12.0. The van der Waals surface area contributed by atoms with Gasteiger partial charge in [0.05, 0.1) is 0 Å². The molecule has 0 radical (unpaired) electrons. The highest BCUT2D eigenvalue weighted by Gasteiger charge is 2.23. The molecule has 17 heavy (non-hydrogen) atoms. The van der Waals surface area contributed by atoms with Crippen LogP contribution in [0, 0.1) is 0 Å². The summed E-state index contributed by atoms with van der Waals surface area (Å²) in [6.07, 6.45) is -3.59. The third kappa shape index (κ3) is 3.14. The fourth-order valence-corrected chi connectivity index (χ4v) is 1.85. The number of para-hydroxylation sites is 1. The molecule has 1 aromatic rings. The quantitative estimate of drug-likeness (QED) is 0.816. The first-order valence-corrected chi connectivity index (χ1v) is 5.58. The van der Waals surface area contributed by atoms with Crippen molar-refractivity contribution < 1.29 is 18.6 Å². The zero-order valence-corrected chi connectivity index (χ0v) is 9.27. The van der Waals surface area contributed by atoms with Gasteiger partial charge in [0.2, 0.25) is 0 Å². The third-order valence-corrected chi connectivity index (χ3v) is 2.73. The second-order valence-corrected chi connectivity index (χ2v) is 4.11. The lowest BCUT2D eigenvalue weighted by atomic mass is 10.1. The fraction of sp³-hybridized carbons (Fsp3) is 0.500. The highest BCUT2D eigenvalue weighted by Crippen LogP contribution is 2.27. The minimum atomic E-state index is -2.70. The Morgan fingerprint density at radius 3 is 2.88 bits per heavy atom. The smallest absolute Gasteiger partial charge is 0.265 e. The van der Waals surface area contributed by atoms with E-state index in [9.17, 15) is 8.78 Å². The molecular formula is C12H15F2NO2. The summed E-state index contributed by atoms with van der Waals surface area (Å²) in [5, 5.41) is 11.7. The number of alkyl halides is 2. The highest BCUT2D eigenvalue weighted by molar-refractivity contribution is 5.37. The molecule has 0 aromatic heterocycles. The summed E-state index contributed by atoms with van der Waals surface area (Å²) in [6.45, 7) is 0.340. The van der Waals surface area contributed by atoms with Crippen molar-refractivity contribution in [3.63, 3.8) is 0 Å². The lowest BCUT2D eigenvalue weighted by Gasteiger charge is -2.14. The van der Waals surface area contributed by atoms with Gasteiger partial charge in [0.1, 0.15) is 18.0 Å². The first kappa shape index (κ1) is 12.3. The van der Waals surface area contributed by atoms with E-state index in [1.54, 1.807) is 0 Å². The van der Waals surface area contributed by atoms with Gasteiger partial charge in [-0.25, -0.2) is 8.78 Å². The maximum Gasteiger partial charge on any atom is 0.265 e. The number of hydrogen-bond donors (Lipinski definition) is 2. The lowest BCUT2D eigenvalue weighted by Crippen LogP contribution is -2.37. The molecule has 1 aliphatic rings. The van der Waals surface area contributed by atoms with Crippen molar-refractivity contribution in [1.29, 1.82) is 0 Å². The number of nitrogens with one attached hydrogen (secondary N) is 1. The average Bonchev–Trinajstić information content (AvgIpc) is 2.71. The number of aliphatic hydroxyl groups is 1. The molecule has 0 fully saturated rings. The summed E-state index contributed by atoms with van der Waals surface area (Å²) in [4.78, 5) is 0. The Bertz CT molecular complexity index is 348. The molecule has 3 nitrogen and oxygen atoms in total. The summed E-state index contributed by atoms with van der Waals surface area (Å²) in [6, 6.07) is 7.72. The Labute approximate surface area is 98.4 Å². The number of rotatable bonds is 5. The van der Waals surface area contributed by atoms with Gasteiger partial charge in [0.15, 0.2) is 0 Å². The molecule has 0 spiro atoms. The van der Waals surface area contributed by atoms with E-state index in [0.717, 1.165) is 17.7 Å². The topological polar surface area (TPSA) is 41.5 Å². The van der Waals surface area contributed by atoms with Crippen LogP contribution in [0.4, 0.5) is 8.78 Å². The monoisotopic (exact) mass is 243 g/mol. The van der Waals surface area contributed by atoms with Crippen LogP contribution in [0.15, 0.2) is 24.3 Å². The van der Waals surface area contributed by atoms with E-state index in [-0.39, 0.29) is 12.6 Å². The van der Waals surface area contributed by atoms with E-state index < -0.39 is 12.5 Å². The van der Waals surface area contributed by atoms with Crippen LogP contribution in [-0.4, -0.2) is 36.8 Å². The van der Waals surface area contributed by atoms with E-state index in [0.29, 0.717) is 6.54 Å². The molecule has 0 saturated carbocycles. The summed E-state index contributed by atoms with van der Waals surface area (Å²) in [5.41, 5.74) is 1.13. The van der Waals surface area contributed by atoms with Gasteiger partial charge in [0, 0.05) is 19.5 Å². The molecule has 0 saturated heterocycles. The number of fused-ring (bicyclic) bond motifs is 1. The van der Waals surface area contributed by atoms with E-state index in [1.807, 2.05) is 24.3 Å². The molecule has 94 valence electrons. The van der Waals surface area contributed by atoms with Crippen molar-refractivity contribution >= 4 is 0 Å². The molecule has 0 amide bonds. The predicted molar refractivity (Wildman–Crippen MR) is 59.4 cm³/mol. The van der Waals surface area contributed by atoms with Gasteiger partial charge in [-0.2, -0.15) is 0 Å². The maximum atomic E-state index is 12.0. The molecule has 2 atom stereocenters. The Balaban J connectivity index is 1.73. The fourth-order valence-electron chi connectivity index (χ4n) is 1.85. The SMILES string of the molecule is OC(CNCC1Cc2ccccc2O1)C(F)F. The number of halogens is 2. The normalized spacial score (nSPS) is 20.1. The van der Waals surface area contributed by atoms with Gasteiger partial charge in [0.25, 0.3) is 6.43 Å². The lowest BCUT2D eigenvalue weighted by molar-refractivity contribution is -0.00410. The number of benzene rings is 1. The van der Waals surface area contributed by atoms with Crippen LogP contribution in [0.3, 0.4) is 0 Å². The highest BCUT2D eigenvalue weighted by atomic mass is 19.3. The van der Waals surface area contributed by atoms with Crippen molar-refractivity contribution in [3.8, 4) is 5.75 Å². The van der Waals surface area contributed by atoms with Crippen molar-refractivity contribution in [3.05, 3.63) is 29.8 Å². The Kier molecular flexibility index (Phi) is 3.91. The van der Waals surface area contributed by atoms with Gasteiger partial charge in [-0.3, -0.25) is 0 Å². The third-order valence-electron chi connectivity index (χ3n) is 2.73. The summed E-state index contributed by atoms with van der Waals surface area (Å²) in [5.74, 6) is 0.855. The Morgan fingerprint density at radius 1 is 1.41 bits per heavy atom. The van der Waals surface area contributed by atoms with Crippen LogP contribution in [0.2, 0.25) is 0 Å². The van der Waals surface area contributed by atoms with Crippen LogP contribution in [-0.2, 0) is 6.42 Å². The van der Waals surface area contributed by atoms with E-state index in [4.69, 9.17) is 9.84 Å². The van der Waals surface area contributed by atoms with Crippen molar-refractivity contribution in [1.82, 2.24) is 5.32 Å². The van der Waals surface area contributed by atoms with Crippen molar-refractivity contribution in [2.24, 2.45) is 0 Å². The Morgan fingerprint density at radius 2 is 2.18 bits per heavy atom. The summed E-state index contributed by atoms with van der Waals surface area (Å²) >= 11 is 0. The van der Waals surface area contributed by atoms with Gasteiger partial charge in [-0.1, -0.05) is 18.2 Å². The zero-order valence-electron chi connectivity index (χ0n) is 9.27. The van der Waals surface area contributed by atoms with Gasteiger partial charge < -0.3 is 15.2 Å². The number of aliphatic hydroxyl groups excluding tert-OH is 1. The number of hydrogen-bond acceptors (Lipinski definition) is 3.